The van der Waals surface area contributed by atoms with E-state index >= 15 is 0 Å². The summed E-state index contributed by atoms with van der Waals surface area (Å²) in [5.74, 6) is 0.535. The number of carbonyl (C=O) groups is 1. The molecule has 0 bridgehead atoms. The molecule has 2 saturated heterocycles. The summed E-state index contributed by atoms with van der Waals surface area (Å²) in [5, 5.41) is 14.5. The van der Waals surface area contributed by atoms with Gasteiger partial charge < -0.3 is 34.1 Å². The second-order valence-electron chi connectivity index (χ2n) is 11.4. The maximum Gasteiger partial charge on any atom is 0.407 e. The highest BCUT2D eigenvalue weighted by atomic mass is 32.2. The van der Waals surface area contributed by atoms with Crippen LogP contribution in [0.4, 0.5) is 4.79 Å². The molecule has 46 heavy (non-hydrogen) atoms. The highest BCUT2D eigenvalue weighted by molar-refractivity contribution is 7.89. The van der Waals surface area contributed by atoms with Crippen molar-refractivity contribution >= 4 is 16.1 Å². The van der Waals surface area contributed by atoms with Crippen molar-refractivity contribution in [2.75, 3.05) is 40.0 Å². The molecule has 2 aromatic rings. The molecule has 5 atom stereocenters. The number of hydrogen-bond acceptors (Lipinski definition) is 9. The lowest BCUT2D eigenvalue weighted by Crippen LogP contribution is -2.51. The first-order chi connectivity index (χ1) is 22.3. The minimum absolute atomic E-state index is 0.0465. The maximum absolute atomic E-state index is 14.2. The Kier molecular flexibility index (Phi) is 13.5. The van der Waals surface area contributed by atoms with E-state index in [2.05, 4.69) is 18.5 Å². The van der Waals surface area contributed by atoms with Gasteiger partial charge in [0.05, 0.1) is 45.0 Å². The smallest absolute Gasteiger partial charge is 0.407 e. The van der Waals surface area contributed by atoms with Gasteiger partial charge in [0.2, 0.25) is 10.0 Å². The number of nitrogens with one attached hydrogen (secondary N) is 1. The van der Waals surface area contributed by atoms with Crippen LogP contribution in [0, 0.1) is 5.92 Å². The zero-order valence-corrected chi connectivity index (χ0v) is 27.2. The molecule has 1 amide bonds. The van der Waals surface area contributed by atoms with E-state index in [9.17, 15) is 18.3 Å². The van der Waals surface area contributed by atoms with Crippen LogP contribution in [0.3, 0.4) is 0 Å². The number of hydrogen-bond donors (Lipinski definition) is 2. The number of nitrogens with zero attached hydrogens (tertiary/aromatic N) is 1. The van der Waals surface area contributed by atoms with Crippen molar-refractivity contribution in [2.24, 2.45) is 5.92 Å². The largest absolute Gasteiger partial charge is 0.497 e. The quantitative estimate of drug-likeness (QED) is 0.166. The lowest BCUT2D eigenvalue weighted by Gasteiger charge is -2.30. The molecular formula is C34H46N2O9S. The third-order valence-electron chi connectivity index (χ3n) is 8.11. The number of aliphatic hydroxyl groups is 1. The third-order valence-corrected chi connectivity index (χ3v) is 10.0. The van der Waals surface area contributed by atoms with Crippen LogP contribution in [-0.4, -0.2) is 88.5 Å². The average Bonchev–Trinajstić information content (AvgIpc) is 3.68. The van der Waals surface area contributed by atoms with E-state index < -0.39 is 34.4 Å². The van der Waals surface area contributed by atoms with E-state index in [-0.39, 0.29) is 55.6 Å². The molecule has 0 spiro atoms. The molecule has 2 N–H and O–H groups in total. The molecule has 0 radical (unpaired) electrons. The lowest BCUT2D eigenvalue weighted by atomic mass is 10.0. The predicted octanol–water partition coefficient (Wildman–Crippen LogP) is 4.46. The number of ether oxygens (including phenoxy) is 5. The van der Waals surface area contributed by atoms with Crippen molar-refractivity contribution < 1.29 is 42.0 Å². The average molecular weight is 659 g/mol. The fraction of sp³-hybridized carbons (Fsp3) is 0.500. The monoisotopic (exact) mass is 658 g/mol. The number of allylic oxidation sites excluding steroid dienone is 1. The first kappa shape index (κ1) is 35.4. The van der Waals surface area contributed by atoms with Gasteiger partial charge in [-0.15, -0.1) is 13.2 Å². The topological polar surface area (TPSA) is 133 Å². The van der Waals surface area contributed by atoms with Crippen LogP contribution in [0.15, 0.2) is 78.7 Å². The molecule has 2 fully saturated rings. The van der Waals surface area contributed by atoms with Gasteiger partial charge in [-0.2, -0.15) is 4.31 Å². The normalized spacial score (nSPS) is 20.5. The van der Waals surface area contributed by atoms with Crippen LogP contribution in [0.1, 0.15) is 37.7 Å². The van der Waals surface area contributed by atoms with Crippen LogP contribution in [0.25, 0.3) is 0 Å². The summed E-state index contributed by atoms with van der Waals surface area (Å²) in [6.07, 6.45) is 4.06. The highest BCUT2D eigenvalue weighted by Crippen LogP contribution is 2.34. The Balaban J connectivity index is 1.57. The third kappa shape index (κ3) is 9.55. The lowest BCUT2D eigenvalue weighted by molar-refractivity contribution is -0.0907. The molecular weight excluding hydrogens is 612 g/mol. The van der Waals surface area contributed by atoms with Gasteiger partial charge in [-0.05, 0) is 56.2 Å². The number of rotatable bonds is 19. The van der Waals surface area contributed by atoms with E-state index in [1.54, 1.807) is 18.2 Å². The van der Waals surface area contributed by atoms with Crippen LogP contribution >= 0.6 is 0 Å². The van der Waals surface area contributed by atoms with Gasteiger partial charge in [0, 0.05) is 19.2 Å². The van der Waals surface area contributed by atoms with Gasteiger partial charge in [0.15, 0.2) is 6.29 Å². The summed E-state index contributed by atoms with van der Waals surface area (Å²) in [5.41, 5.74) is 0.855. The molecule has 0 unspecified atom stereocenters. The van der Waals surface area contributed by atoms with Crippen molar-refractivity contribution in [3.8, 4) is 11.5 Å². The van der Waals surface area contributed by atoms with E-state index in [4.69, 9.17) is 23.7 Å². The van der Waals surface area contributed by atoms with Crippen LogP contribution < -0.4 is 14.8 Å². The number of aliphatic hydroxyl groups excluding tert-OH is 1. The van der Waals surface area contributed by atoms with E-state index in [0.29, 0.717) is 31.6 Å². The number of fused-ring (bicyclic) bond motifs is 1. The summed E-state index contributed by atoms with van der Waals surface area (Å²) < 4.78 is 57.7. The number of unbranched alkanes of at least 4 members (excludes halogenated alkanes) is 2. The number of sulfonamides is 1. The first-order valence-corrected chi connectivity index (χ1v) is 17.2. The molecule has 4 rings (SSSR count). The maximum atomic E-state index is 14.2. The van der Waals surface area contributed by atoms with E-state index in [1.165, 1.54) is 23.5 Å². The van der Waals surface area contributed by atoms with Gasteiger partial charge >= 0.3 is 6.09 Å². The molecule has 11 nitrogen and oxygen atoms in total. The molecule has 12 heteroatoms. The fourth-order valence-corrected chi connectivity index (χ4v) is 7.19. The van der Waals surface area contributed by atoms with Crippen molar-refractivity contribution in [3.63, 3.8) is 0 Å². The standard InChI is InChI=1S/C34H46N2O9S/c1-4-6-8-12-18-36(46(39,40)32-16-15-26(41-3)22-30(32)42-19-7-5-2)23-29(37)28(21-25-13-10-9-11-14-25)35-34(38)45-31-24-44-33-27(31)17-20-43-33/h4-5,9-11,13-16,22,27-29,31,33,37H,1-2,6-8,12,17-21,23-24H2,3H3,(H,35,38)/t27-,28-,29+,31-,33+/m0/s1. The Hall–Kier alpha value is -3.42. The van der Waals surface area contributed by atoms with Gasteiger partial charge in [-0.3, -0.25) is 0 Å². The summed E-state index contributed by atoms with van der Waals surface area (Å²) in [4.78, 5) is 13.1. The Labute approximate surface area is 272 Å². The second kappa shape index (κ2) is 17.5. The Morgan fingerprint density at radius 3 is 2.65 bits per heavy atom. The summed E-state index contributed by atoms with van der Waals surface area (Å²) >= 11 is 0. The van der Waals surface area contributed by atoms with Crippen molar-refractivity contribution in [3.05, 3.63) is 79.4 Å². The molecule has 0 aromatic heterocycles. The zero-order chi connectivity index (χ0) is 32.9. The highest BCUT2D eigenvalue weighted by Gasteiger charge is 2.44. The number of methoxy groups -OCH3 is 1. The molecule has 2 aliphatic heterocycles. The van der Waals surface area contributed by atoms with Crippen molar-refractivity contribution in [2.45, 2.75) is 68.0 Å². The fourth-order valence-electron chi connectivity index (χ4n) is 5.58. The molecule has 0 aliphatic carbocycles. The van der Waals surface area contributed by atoms with E-state index in [1.807, 2.05) is 30.3 Å². The van der Waals surface area contributed by atoms with Crippen molar-refractivity contribution in [1.82, 2.24) is 9.62 Å². The molecule has 2 heterocycles. The van der Waals surface area contributed by atoms with Gasteiger partial charge in [-0.25, -0.2) is 13.2 Å². The number of carbonyl (C=O) groups excluding carboxylic acids is 1. The summed E-state index contributed by atoms with van der Waals surface area (Å²) in [6.45, 7) is 8.31. The number of amides is 1. The van der Waals surface area contributed by atoms with Gasteiger partial charge in [0.25, 0.3) is 0 Å². The Morgan fingerprint density at radius 2 is 1.91 bits per heavy atom. The summed E-state index contributed by atoms with van der Waals surface area (Å²) in [7, 11) is -2.68. The predicted molar refractivity (Wildman–Crippen MR) is 173 cm³/mol. The van der Waals surface area contributed by atoms with Crippen LogP contribution in [0.2, 0.25) is 0 Å². The zero-order valence-electron chi connectivity index (χ0n) is 26.4. The molecule has 0 saturated carbocycles. The Bertz CT molecular complexity index is 1390. The van der Waals surface area contributed by atoms with Gasteiger partial charge in [0.1, 0.15) is 22.5 Å². The Morgan fingerprint density at radius 1 is 1.13 bits per heavy atom. The van der Waals surface area contributed by atoms with Crippen molar-refractivity contribution in [1.29, 1.82) is 0 Å². The molecule has 252 valence electrons. The summed E-state index contributed by atoms with van der Waals surface area (Å²) in [6, 6.07) is 13.0. The SMILES string of the molecule is C=CCCCCN(C[C@@H](O)[C@H](Cc1ccccc1)NC(=O)O[C@H]1CO[C@H]2OCC[C@H]21)S(=O)(=O)c1ccc(OC)cc1OCCC=C. The minimum atomic E-state index is -4.17. The van der Waals surface area contributed by atoms with Gasteiger partial charge in [-0.1, -0.05) is 42.5 Å². The minimum Gasteiger partial charge on any atom is -0.497 e. The molecule has 2 aromatic carbocycles. The number of alkyl carbamates (subject to hydrolysis) is 1. The van der Waals surface area contributed by atoms with E-state index in [0.717, 1.165) is 18.4 Å². The van der Waals surface area contributed by atoms with Crippen LogP contribution in [0.5, 0.6) is 11.5 Å². The second-order valence-corrected chi connectivity index (χ2v) is 13.3. The first-order valence-electron chi connectivity index (χ1n) is 15.7. The van der Waals surface area contributed by atoms with Crippen LogP contribution in [-0.2, 0) is 30.7 Å². The number of benzene rings is 2. The molecule has 2 aliphatic rings.